The monoisotopic (exact) mass is 311 g/mol. The van der Waals surface area contributed by atoms with Crippen LogP contribution in [0.3, 0.4) is 0 Å². The van der Waals surface area contributed by atoms with Crippen molar-refractivity contribution in [2.24, 2.45) is 5.92 Å². The molecule has 0 radical (unpaired) electrons. The van der Waals surface area contributed by atoms with E-state index in [9.17, 15) is 9.59 Å². The Kier molecular flexibility index (Phi) is 5.99. The fourth-order valence-electron chi connectivity index (χ4n) is 1.30. The summed E-state index contributed by atoms with van der Waals surface area (Å²) in [5, 5.41) is 2.40. The number of ketones is 1. The molecular weight excluding hydrogens is 300 g/mol. The van der Waals surface area contributed by atoms with Crippen molar-refractivity contribution >= 4 is 46.7 Å². The second kappa shape index (κ2) is 7.02. The maximum absolute atomic E-state index is 11.6. The normalized spacial score (nSPS) is 14.8. The number of carbonyl (C=O) groups excluding carboxylic acids is 2. The van der Waals surface area contributed by atoms with E-state index in [1.54, 1.807) is 12.2 Å². The van der Waals surface area contributed by atoms with E-state index in [0.717, 1.165) is 0 Å². The van der Waals surface area contributed by atoms with Gasteiger partial charge in [-0.05, 0) is 0 Å². The molecule has 0 aliphatic heterocycles. The third kappa shape index (κ3) is 6.28. The topological polar surface area (TPSA) is 55.4 Å². The molecule has 1 aliphatic rings. The van der Waals surface area contributed by atoms with Crippen LogP contribution in [-0.4, -0.2) is 28.8 Å². The standard InChI is InChI=1S/C11H12Cl3NO3/c12-11(13,14)7-18-10(17)15-6-5-9(16)8-3-1-2-4-8/h1-4,8H,5-7H2,(H,15,17). The molecule has 0 aromatic rings. The van der Waals surface area contributed by atoms with Gasteiger partial charge in [-0.2, -0.15) is 0 Å². The third-order valence-electron chi connectivity index (χ3n) is 2.13. The molecule has 0 atom stereocenters. The zero-order chi connectivity index (χ0) is 13.6. The minimum atomic E-state index is -1.63. The first-order valence-electron chi connectivity index (χ1n) is 5.23. The molecule has 1 aliphatic carbocycles. The Morgan fingerprint density at radius 3 is 2.39 bits per heavy atom. The van der Waals surface area contributed by atoms with Gasteiger partial charge in [-0.25, -0.2) is 4.79 Å². The largest absolute Gasteiger partial charge is 0.445 e. The molecule has 0 unspecified atom stereocenters. The number of halogens is 3. The summed E-state index contributed by atoms with van der Waals surface area (Å²) in [6.07, 6.45) is 6.72. The van der Waals surface area contributed by atoms with Gasteiger partial charge in [-0.3, -0.25) is 4.79 Å². The van der Waals surface area contributed by atoms with E-state index in [1.165, 1.54) is 0 Å². The summed E-state index contributed by atoms with van der Waals surface area (Å²) in [4.78, 5) is 22.7. The number of rotatable bonds is 5. The lowest BCUT2D eigenvalue weighted by atomic mass is 10.0. The van der Waals surface area contributed by atoms with Crippen LogP contribution in [0.15, 0.2) is 24.3 Å². The number of alkyl carbamates (subject to hydrolysis) is 1. The molecule has 7 heteroatoms. The van der Waals surface area contributed by atoms with E-state index in [2.05, 4.69) is 10.1 Å². The Morgan fingerprint density at radius 2 is 1.83 bits per heavy atom. The predicted molar refractivity (Wildman–Crippen MR) is 71.0 cm³/mol. The highest BCUT2D eigenvalue weighted by atomic mass is 35.6. The van der Waals surface area contributed by atoms with Gasteiger partial charge >= 0.3 is 6.09 Å². The number of nitrogens with one attached hydrogen (secondary N) is 1. The maximum atomic E-state index is 11.6. The van der Waals surface area contributed by atoms with Gasteiger partial charge in [0, 0.05) is 13.0 Å². The summed E-state index contributed by atoms with van der Waals surface area (Å²) >= 11 is 16.2. The molecule has 100 valence electrons. The summed E-state index contributed by atoms with van der Waals surface area (Å²) in [6, 6.07) is 0. The number of amides is 1. The minimum absolute atomic E-state index is 0.0293. The van der Waals surface area contributed by atoms with Crippen molar-refractivity contribution < 1.29 is 14.3 Å². The van der Waals surface area contributed by atoms with Crippen molar-refractivity contribution in [1.29, 1.82) is 0 Å². The molecule has 1 amide bonds. The zero-order valence-electron chi connectivity index (χ0n) is 9.37. The SMILES string of the molecule is O=C(NCCC(=O)C1C=CC=C1)OCC(Cl)(Cl)Cl. The van der Waals surface area contributed by atoms with Gasteiger partial charge in [0.2, 0.25) is 3.79 Å². The smallest absolute Gasteiger partial charge is 0.407 e. The van der Waals surface area contributed by atoms with E-state index in [-0.39, 0.29) is 31.3 Å². The molecule has 0 aromatic carbocycles. The molecular formula is C11H12Cl3NO3. The molecule has 0 saturated carbocycles. The van der Waals surface area contributed by atoms with Crippen molar-refractivity contribution in [2.45, 2.75) is 10.2 Å². The predicted octanol–water partition coefficient (Wildman–Crippen LogP) is 2.78. The Hall–Kier alpha value is -0.710. The van der Waals surface area contributed by atoms with Crippen LogP contribution in [0, 0.1) is 5.92 Å². The van der Waals surface area contributed by atoms with E-state index in [0.29, 0.717) is 0 Å². The van der Waals surface area contributed by atoms with Crippen molar-refractivity contribution in [3.05, 3.63) is 24.3 Å². The molecule has 0 saturated heterocycles. The maximum Gasteiger partial charge on any atom is 0.407 e. The van der Waals surface area contributed by atoms with Gasteiger partial charge < -0.3 is 10.1 Å². The fourth-order valence-corrected chi connectivity index (χ4v) is 1.46. The molecule has 0 heterocycles. The Balaban J connectivity index is 2.14. The Bertz CT molecular complexity index is 362. The van der Waals surface area contributed by atoms with Gasteiger partial charge in [0.05, 0.1) is 5.92 Å². The fraction of sp³-hybridized carbons (Fsp3) is 0.455. The number of ether oxygens (including phenoxy) is 1. The molecule has 1 rings (SSSR count). The molecule has 4 nitrogen and oxygen atoms in total. The summed E-state index contributed by atoms with van der Waals surface area (Å²) in [6.45, 7) is -0.152. The molecule has 0 fully saturated rings. The quantitative estimate of drug-likeness (QED) is 0.794. The van der Waals surface area contributed by atoms with E-state index >= 15 is 0 Å². The molecule has 0 bridgehead atoms. The van der Waals surface area contributed by atoms with Gasteiger partial charge in [0.25, 0.3) is 0 Å². The first-order chi connectivity index (χ1) is 8.38. The second-order valence-corrected chi connectivity index (χ2v) is 6.15. The van der Waals surface area contributed by atoms with Gasteiger partial charge in [-0.1, -0.05) is 59.1 Å². The van der Waals surface area contributed by atoms with Crippen LogP contribution in [0.25, 0.3) is 0 Å². The summed E-state index contributed by atoms with van der Waals surface area (Å²) in [5.74, 6) is -0.161. The van der Waals surface area contributed by atoms with Gasteiger partial charge in [-0.15, -0.1) is 0 Å². The van der Waals surface area contributed by atoms with Crippen molar-refractivity contribution in [3.63, 3.8) is 0 Å². The number of allylic oxidation sites excluding steroid dienone is 4. The minimum Gasteiger partial charge on any atom is -0.445 e. The summed E-state index contributed by atoms with van der Waals surface area (Å²) < 4.78 is 3.00. The number of hydrogen-bond donors (Lipinski definition) is 1. The zero-order valence-corrected chi connectivity index (χ0v) is 11.6. The number of alkyl halides is 3. The summed E-state index contributed by atoms with van der Waals surface area (Å²) in [7, 11) is 0. The highest BCUT2D eigenvalue weighted by molar-refractivity contribution is 6.67. The molecule has 1 N–H and O–H groups in total. The lowest BCUT2D eigenvalue weighted by molar-refractivity contribution is -0.120. The van der Waals surface area contributed by atoms with Crippen molar-refractivity contribution in [2.75, 3.05) is 13.2 Å². The van der Waals surface area contributed by atoms with Crippen molar-refractivity contribution in [3.8, 4) is 0 Å². The molecule has 18 heavy (non-hydrogen) atoms. The number of carbonyl (C=O) groups is 2. The molecule has 0 aromatic heterocycles. The van der Waals surface area contributed by atoms with Crippen LogP contribution < -0.4 is 5.32 Å². The van der Waals surface area contributed by atoms with Crippen LogP contribution in [-0.2, 0) is 9.53 Å². The highest BCUT2D eigenvalue weighted by Gasteiger charge is 2.22. The first kappa shape index (κ1) is 15.3. The van der Waals surface area contributed by atoms with Crippen LogP contribution >= 0.6 is 34.8 Å². The van der Waals surface area contributed by atoms with Crippen LogP contribution in [0.4, 0.5) is 4.79 Å². The Labute approximate surface area is 120 Å². The molecule has 0 spiro atoms. The Morgan fingerprint density at radius 1 is 1.22 bits per heavy atom. The van der Waals surface area contributed by atoms with Crippen LogP contribution in [0.2, 0.25) is 0 Å². The lowest BCUT2D eigenvalue weighted by Gasteiger charge is -2.12. The first-order valence-corrected chi connectivity index (χ1v) is 6.37. The van der Waals surface area contributed by atoms with E-state index in [1.807, 2.05) is 12.2 Å². The van der Waals surface area contributed by atoms with E-state index in [4.69, 9.17) is 34.8 Å². The van der Waals surface area contributed by atoms with Gasteiger partial charge in [0.15, 0.2) is 0 Å². The second-order valence-electron chi connectivity index (χ2n) is 3.63. The third-order valence-corrected chi connectivity index (χ3v) is 2.45. The average molecular weight is 313 g/mol. The van der Waals surface area contributed by atoms with Crippen LogP contribution in [0.5, 0.6) is 0 Å². The highest BCUT2D eigenvalue weighted by Crippen LogP contribution is 2.25. The van der Waals surface area contributed by atoms with Gasteiger partial charge in [0.1, 0.15) is 12.4 Å². The number of Topliss-reactive ketones (excluding diaryl/α,β-unsaturated/α-hetero) is 1. The number of hydrogen-bond acceptors (Lipinski definition) is 3. The average Bonchev–Trinajstić information content (AvgIpc) is 2.78. The van der Waals surface area contributed by atoms with Crippen LogP contribution in [0.1, 0.15) is 6.42 Å². The van der Waals surface area contributed by atoms with E-state index < -0.39 is 9.89 Å². The van der Waals surface area contributed by atoms with Crippen molar-refractivity contribution in [1.82, 2.24) is 5.32 Å². The lowest BCUT2D eigenvalue weighted by Crippen LogP contribution is -2.30. The summed E-state index contributed by atoms with van der Waals surface area (Å²) in [5.41, 5.74) is 0.